The monoisotopic (exact) mass is 470 g/mol. The minimum atomic E-state index is -0.539. The number of ether oxygens (including phenoxy) is 1. The summed E-state index contributed by atoms with van der Waals surface area (Å²) in [6.07, 6.45) is 3.30. The highest BCUT2D eigenvalue weighted by Gasteiger charge is 2.37. The van der Waals surface area contributed by atoms with Gasteiger partial charge in [-0.05, 0) is 60.6 Å². The average Bonchev–Trinajstić information content (AvgIpc) is 3.46. The molecular weight excluding hydrogens is 447 g/mol. The van der Waals surface area contributed by atoms with E-state index in [0.29, 0.717) is 35.1 Å². The largest absolute Gasteiger partial charge is 0.495 e. The molecule has 2 heterocycles. The summed E-state index contributed by atoms with van der Waals surface area (Å²) < 4.78 is 21.7. The van der Waals surface area contributed by atoms with Crippen molar-refractivity contribution in [3.63, 3.8) is 0 Å². The number of nitrogens with one attached hydrogen (secondary N) is 1. The summed E-state index contributed by atoms with van der Waals surface area (Å²) >= 11 is 6.09. The van der Waals surface area contributed by atoms with Crippen LogP contribution in [0.5, 0.6) is 5.75 Å². The van der Waals surface area contributed by atoms with Gasteiger partial charge in [-0.1, -0.05) is 23.7 Å². The summed E-state index contributed by atoms with van der Waals surface area (Å²) in [5.74, 6) is 1.04. The summed E-state index contributed by atoms with van der Waals surface area (Å²) in [6, 6.07) is 9.91. The number of hydrogen-bond donors (Lipinski definition) is 1. The van der Waals surface area contributed by atoms with E-state index in [1.54, 1.807) is 30.3 Å². The summed E-state index contributed by atoms with van der Waals surface area (Å²) in [7, 11) is 1.52. The Morgan fingerprint density at radius 1 is 1.21 bits per heavy atom. The van der Waals surface area contributed by atoms with Crippen molar-refractivity contribution >= 4 is 17.5 Å². The Morgan fingerprint density at radius 2 is 1.97 bits per heavy atom. The second-order valence-corrected chi connectivity index (χ2v) is 9.12. The zero-order valence-electron chi connectivity index (χ0n) is 18.2. The van der Waals surface area contributed by atoms with E-state index in [2.05, 4.69) is 10.2 Å². The first-order valence-electron chi connectivity index (χ1n) is 11.0. The fraction of sp³-hybridized carbons (Fsp3) is 0.375. The van der Waals surface area contributed by atoms with Gasteiger partial charge in [-0.2, -0.15) is 5.10 Å². The Morgan fingerprint density at radius 3 is 2.70 bits per heavy atom. The molecule has 7 nitrogen and oxygen atoms in total. The molecule has 0 radical (unpaired) electrons. The van der Waals surface area contributed by atoms with Gasteiger partial charge in [0.1, 0.15) is 17.4 Å². The third kappa shape index (κ3) is 4.27. The number of aromatic nitrogens is 3. The van der Waals surface area contributed by atoms with E-state index in [1.165, 1.54) is 17.7 Å². The van der Waals surface area contributed by atoms with Crippen LogP contribution >= 0.6 is 11.6 Å². The zero-order valence-corrected chi connectivity index (χ0v) is 18.9. The first-order valence-corrected chi connectivity index (χ1v) is 11.4. The zero-order chi connectivity index (χ0) is 23.1. The van der Waals surface area contributed by atoms with Crippen LogP contribution in [0.15, 0.2) is 41.2 Å². The molecular formula is C24H24ClFN4O3. The Bertz CT molecular complexity index is 1270. The topological polar surface area (TPSA) is 80.2 Å². The molecule has 1 aliphatic carbocycles. The van der Waals surface area contributed by atoms with E-state index in [-0.39, 0.29) is 23.4 Å². The molecule has 1 saturated heterocycles. The van der Waals surface area contributed by atoms with Gasteiger partial charge >= 0.3 is 5.69 Å². The quantitative estimate of drug-likeness (QED) is 0.593. The van der Waals surface area contributed by atoms with Crippen LogP contribution in [0.3, 0.4) is 0 Å². The fourth-order valence-electron chi connectivity index (χ4n) is 4.47. The molecule has 1 atom stereocenters. The number of likely N-dealkylation sites (tertiary alicyclic amines) is 1. The lowest BCUT2D eigenvalue weighted by Gasteiger charge is -2.16. The number of H-pyrrole nitrogens is 1. The smallest absolute Gasteiger partial charge is 0.348 e. The van der Waals surface area contributed by atoms with Crippen molar-refractivity contribution in [2.45, 2.75) is 25.7 Å². The van der Waals surface area contributed by atoms with Crippen LogP contribution < -0.4 is 10.4 Å². The number of rotatable bonds is 6. The predicted molar refractivity (Wildman–Crippen MR) is 122 cm³/mol. The van der Waals surface area contributed by atoms with Crippen LogP contribution in [0.1, 0.15) is 25.1 Å². The molecule has 5 rings (SSSR count). The molecule has 172 valence electrons. The SMILES string of the molecule is COc1cc(-c2ccc(-n3c(CC4CCN(C(=O)C5CC5)C4)n[nH]c3=O)c(F)c2)ccc1Cl. The molecule has 0 spiro atoms. The summed E-state index contributed by atoms with van der Waals surface area (Å²) in [6.45, 7) is 1.37. The van der Waals surface area contributed by atoms with Crippen molar-refractivity contribution in [2.24, 2.45) is 11.8 Å². The standard InChI is InChI=1S/C24H24ClFN4O3/c1-33-21-12-17(4-6-18(21)25)16-5-7-20(19(26)11-16)30-22(27-28-24(30)32)10-14-8-9-29(13-14)23(31)15-2-3-15/h4-7,11-12,14-15H,2-3,8-10,13H2,1H3,(H,28,32). The van der Waals surface area contributed by atoms with E-state index in [0.717, 1.165) is 31.4 Å². The van der Waals surface area contributed by atoms with Crippen molar-refractivity contribution < 1.29 is 13.9 Å². The van der Waals surface area contributed by atoms with Gasteiger partial charge in [0, 0.05) is 25.4 Å². The maximum atomic E-state index is 15.2. The molecule has 9 heteroatoms. The molecule has 1 N–H and O–H groups in total. The number of amides is 1. The maximum absolute atomic E-state index is 15.2. The Labute approximate surface area is 195 Å². The van der Waals surface area contributed by atoms with Crippen LogP contribution in [0.2, 0.25) is 5.02 Å². The predicted octanol–water partition coefficient (Wildman–Crippen LogP) is 3.83. The van der Waals surface area contributed by atoms with Crippen LogP contribution in [0.4, 0.5) is 4.39 Å². The summed E-state index contributed by atoms with van der Waals surface area (Å²) in [5, 5.41) is 7.07. The van der Waals surface area contributed by atoms with Gasteiger partial charge in [-0.15, -0.1) is 0 Å². The highest BCUT2D eigenvalue weighted by molar-refractivity contribution is 6.32. The van der Waals surface area contributed by atoms with Crippen molar-refractivity contribution in [2.75, 3.05) is 20.2 Å². The molecule has 33 heavy (non-hydrogen) atoms. The summed E-state index contributed by atoms with van der Waals surface area (Å²) in [4.78, 5) is 26.7. The van der Waals surface area contributed by atoms with E-state index >= 15 is 4.39 Å². The lowest BCUT2D eigenvalue weighted by molar-refractivity contribution is -0.131. The fourth-order valence-corrected chi connectivity index (χ4v) is 4.66. The molecule has 0 bridgehead atoms. The average molecular weight is 471 g/mol. The van der Waals surface area contributed by atoms with Crippen LogP contribution in [0, 0.1) is 17.7 Å². The molecule has 1 saturated carbocycles. The second kappa shape index (κ2) is 8.67. The first kappa shape index (κ1) is 21.7. The van der Waals surface area contributed by atoms with Crippen LogP contribution in [0.25, 0.3) is 16.8 Å². The van der Waals surface area contributed by atoms with Crippen LogP contribution in [-0.2, 0) is 11.2 Å². The van der Waals surface area contributed by atoms with E-state index in [1.807, 2.05) is 4.90 Å². The minimum absolute atomic E-state index is 0.136. The third-order valence-electron chi connectivity index (χ3n) is 6.41. The van der Waals surface area contributed by atoms with Gasteiger partial charge in [-0.3, -0.25) is 4.79 Å². The third-order valence-corrected chi connectivity index (χ3v) is 6.72. The normalized spacial score (nSPS) is 18.0. The second-order valence-electron chi connectivity index (χ2n) is 8.71. The number of carbonyl (C=O) groups excluding carboxylic acids is 1. The number of methoxy groups -OCH3 is 1. The highest BCUT2D eigenvalue weighted by Crippen LogP contribution is 2.34. The van der Waals surface area contributed by atoms with Gasteiger partial charge in [-0.25, -0.2) is 18.9 Å². The van der Waals surface area contributed by atoms with Gasteiger partial charge in [0.2, 0.25) is 5.91 Å². The number of halogens is 2. The molecule has 2 aromatic carbocycles. The minimum Gasteiger partial charge on any atom is -0.495 e. The molecule has 3 aromatic rings. The Balaban J connectivity index is 1.38. The van der Waals surface area contributed by atoms with Crippen molar-refractivity contribution in [3.05, 3.63) is 63.5 Å². The highest BCUT2D eigenvalue weighted by atomic mass is 35.5. The number of hydrogen-bond acceptors (Lipinski definition) is 4. The number of aromatic amines is 1. The Kier molecular flexibility index (Phi) is 5.70. The number of nitrogens with zero attached hydrogens (tertiary/aromatic N) is 3. The summed E-state index contributed by atoms with van der Waals surface area (Å²) in [5.41, 5.74) is 1.02. The molecule has 2 fully saturated rings. The molecule has 1 aromatic heterocycles. The van der Waals surface area contributed by atoms with Gasteiger partial charge in [0.25, 0.3) is 0 Å². The van der Waals surface area contributed by atoms with E-state index in [4.69, 9.17) is 16.3 Å². The lowest BCUT2D eigenvalue weighted by atomic mass is 10.0. The molecule has 1 unspecified atom stereocenters. The van der Waals surface area contributed by atoms with E-state index in [9.17, 15) is 9.59 Å². The number of carbonyl (C=O) groups is 1. The maximum Gasteiger partial charge on any atom is 0.348 e. The van der Waals surface area contributed by atoms with Crippen molar-refractivity contribution in [1.29, 1.82) is 0 Å². The van der Waals surface area contributed by atoms with Gasteiger partial charge in [0.05, 0.1) is 17.8 Å². The van der Waals surface area contributed by atoms with Crippen LogP contribution in [-0.4, -0.2) is 45.8 Å². The van der Waals surface area contributed by atoms with Crippen molar-refractivity contribution in [1.82, 2.24) is 19.7 Å². The van der Waals surface area contributed by atoms with Gasteiger partial charge in [0.15, 0.2) is 0 Å². The van der Waals surface area contributed by atoms with Gasteiger partial charge < -0.3 is 9.64 Å². The first-order chi connectivity index (χ1) is 15.9. The van der Waals surface area contributed by atoms with E-state index < -0.39 is 11.5 Å². The molecule has 2 aliphatic rings. The molecule has 1 aliphatic heterocycles. The Hall–Kier alpha value is -3.13. The number of benzene rings is 2. The molecule has 1 amide bonds. The van der Waals surface area contributed by atoms with Crippen molar-refractivity contribution in [3.8, 4) is 22.6 Å². The lowest BCUT2D eigenvalue weighted by Crippen LogP contribution is -2.30.